The topological polar surface area (TPSA) is 45.4 Å². The quantitative estimate of drug-likeness (QED) is 0.870. The molecule has 3 heteroatoms. The highest BCUT2D eigenvalue weighted by molar-refractivity contribution is 5.26. The van der Waals surface area contributed by atoms with E-state index >= 15 is 0 Å². The zero-order valence-corrected chi connectivity index (χ0v) is 10.7. The third-order valence-corrected chi connectivity index (χ3v) is 3.05. The predicted molar refractivity (Wildman–Crippen MR) is 71.4 cm³/mol. The molecule has 1 atom stereocenters. The molecule has 1 aromatic carbocycles. The molecule has 2 aromatic rings. The minimum absolute atomic E-state index is 0.217. The van der Waals surface area contributed by atoms with Crippen LogP contribution in [0.5, 0.6) is 5.75 Å². The molecule has 1 unspecified atom stereocenters. The van der Waals surface area contributed by atoms with Crippen LogP contribution in [0.25, 0.3) is 0 Å². The van der Waals surface area contributed by atoms with Gasteiger partial charge < -0.3 is 14.8 Å². The van der Waals surface area contributed by atoms with Crippen LogP contribution in [0.15, 0.2) is 42.7 Å². The largest absolute Gasteiger partial charge is 0.508 e. The minimum atomic E-state index is -0.411. The van der Waals surface area contributed by atoms with Gasteiger partial charge in [0.05, 0.1) is 6.10 Å². The molecule has 3 nitrogen and oxygen atoms in total. The average Bonchev–Trinajstić information content (AvgIpc) is 2.79. The standard InChI is InChI=1S/C15H19NO2/c1-11(2)15(18)13-7-8-16(10-13)9-12-3-5-14(17)6-4-12/h3-8,10-11,15,17-18H,9H2,1-2H3. The van der Waals surface area contributed by atoms with Gasteiger partial charge in [0.2, 0.25) is 0 Å². The van der Waals surface area contributed by atoms with Gasteiger partial charge >= 0.3 is 0 Å². The SMILES string of the molecule is CC(C)C(O)c1ccn(Cc2ccc(O)cc2)c1. The summed E-state index contributed by atoms with van der Waals surface area (Å²) in [5.74, 6) is 0.497. The van der Waals surface area contributed by atoms with E-state index in [4.69, 9.17) is 0 Å². The lowest BCUT2D eigenvalue weighted by Crippen LogP contribution is -2.04. The number of aliphatic hydroxyl groups is 1. The molecule has 2 N–H and O–H groups in total. The number of aromatic nitrogens is 1. The van der Waals surface area contributed by atoms with E-state index in [0.29, 0.717) is 0 Å². The first-order valence-electron chi connectivity index (χ1n) is 6.18. The second-order valence-corrected chi connectivity index (χ2v) is 4.97. The molecule has 0 aliphatic rings. The summed E-state index contributed by atoms with van der Waals surface area (Å²) in [7, 11) is 0. The van der Waals surface area contributed by atoms with Crippen LogP contribution in [0, 0.1) is 5.92 Å². The Morgan fingerprint density at radius 3 is 2.39 bits per heavy atom. The van der Waals surface area contributed by atoms with Crippen molar-refractivity contribution >= 4 is 0 Å². The molecule has 0 spiro atoms. The van der Waals surface area contributed by atoms with Gasteiger partial charge in [0, 0.05) is 18.9 Å². The molecule has 0 aliphatic carbocycles. The Labute approximate surface area is 107 Å². The molecule has 0 aliphatic heterocycles. The lowest BCUT2D eigenvalue weighted by Gasteiger charge is -2.12. The zero-order chi connectivity index (χ0) is 13.1. The maximum Gasteiger partial charge on any atom is 0.115 e. The lowest BCUT2D eigenvalue weighted by atomic mass is 10.0. The molecular weight excluding hydrogens is 226 g/mol. The van der Waals surface area contributed by atoms with Gasteiger partial charge in [-0.05, 0) is 35.2 Å². The van der Waals surface area contributed by atoms with Crippen LogP contribution in [0.1, 0.15) is 31.1 Å². The summed E-state index contributed by atoms with van der Waals surface area (Å²) in [5.41, 5.74) is 2.07. The second-order valence-electron chi connectivity index (χ2n) is 4.97. The third kappa shape index (κ3) is 2.93. The zero-order valence-electron chi connectivity index (χ0n) is 10.7. The lowest BCUT2D eigenvalue weighted by molar-refractivity contribution is 0.127. The fraction of sp³-hybridized carbons (Fsp3) is 0.333. The fourth-order valence-corrected chi connectivity index (χ4v) is 1.93. The number of hydrogen-bond donors (Lipinski definition) is 2. The summed E-state index contributed by atoms with van der Waals surface area (Å²) in [5, 5.41) is 19.2. The van der Waals surface area contributed by atoms with E-state index in [2.05, 4.69) is 0 Å². The highest BCUT2D eigenvalue weighted by Gasteiger charge is 2.12. The second kappa shape index (κ2) is 5.27. The van der Waals surface area contributed by atoms with Crippen molar-refractivity contribution in [3.63, 3.8) is 0 Å². The van der Waals surface area contributed by atoms with Gasteiger partial charge in [-0.3, -0.25) is 0 Å². The van der Waals surface area contributed by atoms with E-state index in [0.717, 1.165) is 17.7 Å². The van der Waals surface area contributed by atoms with Gasteiger partial charge in [-0.15, -0.1) is 0 Å². The predicted octanol–water partition coefficient (Wildman–Crippen LogP) is 2.93. The molecule has 0 saturated carbocycles. The Hall–Kier alpha value is -1.74. The highest BCUT2D eigenvalue weighted by atomic mass is 16.3. The highest BCUT2D eigenvalue weighted by Crippen LogP contribution is 2.21. The van der Waals surface area contributed by atoms with Crippen molar-refractivity contribution < 1.29 is 10.2 Å². The van der Waals surface area contributed by atoms with Crippen molar-refractivity contribution in [2.45, 2.75) is 26.5 Å². The van der Waals surface area contributed by atoms with E-state index < -0.39 is 6.10 Å². The number of phenolic OH excluding ortho intramolecular Hbond substituents is 1. The Kier molecular flexibility index (Phi) is 3.72. The summed E-state index contributed by atoms with van der Waals surface area (Å²) in [6.45, 7) is 4.75. The van der Waals surface area contributed by atoms with Crippen LogP contribution in [-0.4, -0.2) is 14.8 Å². The summed E-state index contributed by atoms with van der Waals surface area (Å²) in [4.78, 5) is 0. The monoisotopic (exact) mass is 245 g/mol. The van der Waals surface area contributed by atoms with Gasteiger partial charge in [-0.25, -0.2) is 0 Å². The van der Waals surface area contributed by atoms with Crippen molar-refractivity contribution in [1.82, 2.24) is 4.57 Å². The number of benzene rings is 1. The Morgan fingerprint density at radius 2 is 1.78 bits per heavy atom. The van der Waals surface area contributed by atoms with Gasteiger partial charge in [0.15, 0.2) is 0 Å². The molecular formula is C15H19NO2. The van der Waals surface area contributed by atoms with Gasteiger partial charge in [-0.1, -0.05) is 26.0 Å². The number of aromatic hydroxyl groups is 1. The molecule has 1 aromatic heterocycles. The van der Waals surface area contributed by atoms with Crippen molar-refractivity contribution in [1.29, 1.82) is 0 Å². The van der Waals surface area contributed by atoms with E-state index in [1.54, 1.807) is 12.1 Å². The minimum Gasteiger partial charge on any atom is -0.508 e. The Balaban J connectivity index is 2.09. The van der Waals surface area contributed by atoms with Crippen LogP contribution >= 0.6 is 0 Å². The van der Waals surface area contributed by atoms with Crippen molar-refractivity contribution in [3.8, 4) is 5.75 Å². The molecule has 0 bridgehead atoms. The molecule has 2 rings (SSSR count). The summed E-state index contributed by atoms with van der Waals surface area (Å²) in [6.07, 6.45) is 3.52. The molecule has 1 heterocycles. The first-order chi connectivity index (χ1) is 8.56. The number of aliphatic hydroxyl groups excluding tert-OH is 1. The van der Waals surface area contributed by atoms with Crippen LogP contribution in [0.3, 0.4) is 0 Å². The maximum atomic E-state index is 9.97. The maximum absolute atomic E-state index is 9.97. The molecule has 18 heavy (non-hydrogen) atoms. The van der Waals surface area contributed by atoms with E-state index in [9.17, 15) is 10.2 Å². The van der Waals surface area contributed by atoms with Crippen LogP contribution in [0.2, 0.25) is 0 Å². The van der Waals surface area contributed by atoms with Gasteiger partial charge in [0.1, 0.15) is 5.75 Å². The number of hydrogen-bond acceptors (Lipinski definition) is 2. The first kappa shape index (κ1) is 12.7. The Bertz CT molecular complexity index is 499. The van der Waals surface area contributed by atoms with E-state index in [1.165, 1.54) is 0 Å². The van der Waals surface area contributed by atoms with E-state index in [-0.39, 0.29) is 11.7 Å². The normalized spacial score (nSPS) is 12.9. The number of rotatable bonds is 4. The fourth-order valence-electron chi connectivity index (χ4n) is 1.93. The van der Waals surface area contributed by atoms with Crippen LogP contribution < -0.4 is 0 Å². The van der Waals surface area contributed by atoms with Crippen molar-refractivity contribution in [2.24, 2.45) is 5.92 Å². The summed E-state index contributed by atoms with van der Waals surface area (Å²) < 4.78 is 2.04. The molecule has 0 fully saturated rings. The van der Waals surface area contributed by atoms with Gasteiger partial charge in [0.25, 0.3) is 0 Å². The molecule has 0 saturated heterocycles. The molecule has 0 radical (unpaired) electrons. The smallest absolute Gasteiger partial charge is 0.115 e. The van der Waals surface area contributed by atoms with Crippen molar-refractivity contribution in [2.75, 3.05) is 0 Å². The number of nitrogens with zero attached hydrogens (tertiary/aromatic N) is 1. The average molecular weight is 245 g/mol. The summed E-state index contributed by atoms with van der Waals surface area (Å²) >= 11 is 0. The number of phenols is 1. The van der Waals surface area contributed by atoms with Crippen molar-refractivity contribution in [3.05, 3.63) is 53.9 Å². The molecule has 96 valence electrons. The summed E-state index contributed by atoms with van der Waals surface area (Å²) in [6, 6.07) is 9.11. The van der Waals surface area contributed by atoms with Gasteiger partial charge in [-0.2, -0.15) is 0 Å². The Morgan fingerprint density at radius 1 is 1.11 bits per heavy atom. The molecule has 0 amide bonds. The van der Waals surface area contributed by atoms with Crippen LogP contribution in [0.4, 0.5) is 0 Å². The van der Waals surface area contributed by atoms with Crippen LogP contribution in [-0.2, 0) is 6.54 Å². The van der Waals surface area contributed by atoms with E-state index in [1.807, 2.05) is 49.0 Å². The third-order valence-electron chi connectivity index (χ3n) is 3.05. The first-order valence-corrected chi connectivity index (χ1v) is 6.18.